The van der Waals surface area contributed by atoms with Gasteiger partial charge < -0.3 is 19.8 Å². The summed E-state index contributed by atoms with van der Waals surface area (Å²) in [5.41, 5.74) is 7.00. The molecule has 2 aromatic rings. The first-order valence-corrected chi connectivity index (χ1v) is 6.85. The van der Waals surface area contributed by atoms with E-state index in [0.29, 0.717) is 6.54 Å². The molecule has 108 valence electrons. The molecule has 0 spiro atoms. The fourth-order valence-corrected chi connectivity index (χ4v) is 2.23. The van der Waals surface area contributed by atoms with Gasteiger partial charge in [-0.2, -0.15) is 0 Å². The van der Waals surface area contributed by atoms with Crippen molar-refractivity contribution >= 4 is 5.69 Å². The van der Waals surface area contributed by atoms with Crippen molar-refractivity contribution in [1.29, 1.82) is 0 Å². The zero-order chi connectivity index (χ0) is 14.5. The summed E-state index contributed by atoms with van der Waals surface area (Å²) in [5, 5.41) is 0. The Labute approximate surface area is 120 Å². The Morgan fingerprint density at radius 2 is 1.90 bits per heavy atom. The summed E-state index contributed by atoms with van der Waals surface area (Å²) < 4.78 is 11.0. The maximum absolute atomic E-state index is 5.92. The van der Waals surface area contributed by atoms with Crippen molar-refractivity contribution < 1.29 is 9.15 Å². The highest BCUT2D eigenvalue weighted by Gasteiger charge is 2.19. The number of hydrogen-bond acceptors (Lipinski definition) is 4. The second-order valence-electron chi connectivity index (χ2n) is 4.72. The van der Waals surface area contributed by atoms with Crippen LogP contribution in [0.15, 0.2) is 40.8 Å². The fraction of sp³-hybridized carbons (Fsp3) is 0.375. The summed E-state index contributed by atoms with van der Waals surface area (Å²) in [6.45, 7) is 2.58. The zero-order valence-electron chi connectivity index (χ0n) is 12.3. The van der Waals surface area contributed by atoms with Gasteiger partial charge in [0, 0.05) is 25.7 Å². The molecule has 20 heavy (non-hydrogen) atoms. The number of rotatable bonds is 6. The van der Waals surface area contributed by atoms with Crippen LogP contribution in [-0.4, -0.2) is 20.7 Å². The lowest BCUT2D eigenvalue weighted by atomic mass is 10.1. The number of anilines is 1. The van der Waals surface area contributed by atoms with Crippen molar-refractivity contribution in [2.75, 3.05) is 25.6 Å². The molecule has 0 aliphatic rings. The quantitative estimate of drug-likeness (QED) is 0.880. The molecule has 0 amide bonds. The number of benzene rings is 1. The van der Waals surface area contributed by atoms with E-state index in [9.17, 15) is 0 Å². The Kier molecular flexibility index (Phi) is 4.69. The van der Waals surface area contributed by atoms with E-state index >= 15 is 0 Å². The predicted octanol–water partition coefficient (Wildman–Crippen LogP) is 2.99. The van der Waals surface area contributed by atoms with Gasteiger partial charge in [0.15, 0.2) is 0 Å². The Balaban J connectivity index is 2.21. The van der Waals surface area contributed by atoms with Crippen LogP contribution < -0.4 is 15.4 Å². The molecule has 0 saturated heterocycles. The maximum atomic E-state index is 5.92. The van der Waals surface area contributed by atoms with Gasteiger partial charge >= 0.3 is 0 Å². The van der Waals surface area contributed by atoms with Gasteiger partial charge in [-0.3, -0.25) is 0 Å². The number of likely N-dealkylation sites (N-methyl/N-ethyl adjacent to an activating group) is 1. The van der Waals surface area contributed by atoms with Crippen LogP contribution in [0.5, 0.6) is 5.75 Å². The summed E-state index contributed by atoms with van der Waals surface area (Å²) in [4.78, 5) is 2.12. The van der Waals surface area contributed by atoms with Crippen molar-refractivity contribution in [1.82, 2.24) is 0 Å². The van der Waals surface area contributed by atoms with E-state index < -0.39 is 0 Å². The van der Waals surface area contributed by atoms with Gasteiger partial charge in [-0.25, -0.2) is 0 Å². The van der Waals surface area contributed by atoms with E-state index in [1.807, 2.05) is 43.4 Å². The molecule has 4 nitrogen and oxygen atoms in total. The van der Waals surface area contributed by atoms with Gasteiger partial charge in [-0.15, -0.1) is 0 Å². The van der Waals surface area contributed by atoms with Crippen LogP contribution in [-0.2, 0) is 6.42 Å². The lowest BCUT2D eigenvalue weighted by molar-refractivity contribution is 0.414. The second kappa shape index (κ2) is 6.48. The monoisotopic (exact) mass is 274 g/mol. The van der Waals surface area contributed by atoms with Crippen molar-refractivity contribution in [3.05, 3.63) is 47.9 Å². The van der Waals surface area contributed by atoms with Gasteiger partial charge in [0.1, 0.15) is 17.3 Å². The molecule has 2 N–H and O–H groups in total. The normalized spacial score (nSPS) is 12.2. The molecule has 1 aromatic carbocycles. The summed E-state index contributed by atoms with van der Waals surface area (Å²) in [6, 6.07) is 12.0. The number of furan rings is 1. The highest BCUT2D eigenvalue weighted by Crippen LogP contribution is 2.27. The standard InChI is InChI=1S/C16H22N2O2/c1-4-13-9-10-16(20-13)15(11-17)18(2)12-5-7-14(19-3)8-6-12/h5-10,15H,4,11,17H2,1-3H3. The van der Waals surface area contributed by atoms with E-state index in [1.54, 1.807) is 7.11 Å². The van der Waals surface area contributed by atoms with E-state index in [4.69, 9.17) is 14.9 Å². The zero-order valence-corrected chi connectivity index (χ0v) is 12.3. The number of hydrogen-bond donors (Lipinski definition) is 1. The highest BCUT2D eigenvalue weighted by atomic mass is 16.5. The van der Waals surface area contributed by atoms with Crippen LogP contribution in [0.3, 0.4) is 0 Å². The molecule has 0 saturated carbocycles. The number of methoxy groups -OCH3 is 1. The predicted molar refractivity (Wildman–Crippen MR) is 81.3 cm³/mol. The number of nitrogens with zero attached hydrogens (tertiary/aromatic N) is 1. The van der Waals surface area contributed by atoms with Gasteiger partial charge in [-0.05, 0) is 36.4 Å². The third-order valence-electron chi connectivity index (χ3n) is 3.53. The SMILES string of the molecule is CCc1ccc(C(CN)N(C)c2ccc(OC)cc2)o1. The van der Waals surface area contributed by atoms with Crippen molar-refractivity contribution in [2.45, 2.75) is 19.4 Å². The smallest absolute Gasteiger partial charge is 0.127 e. The van der Waals surface area contributed by atoms with Crippen LogP contribution in [0.2, 0.25) is 0 Å². The molecule has 1 heterocycles. The van der Waals surface area contributed by atoms with Gasteiger partial charge in [0.2, 0.25) is 0 Å². The summed E-state index contributed by atoms with van der Waals surface area (Å²) in [6.07, 6.45) is 0.892. The number of nitrogens with two attached hydrogens (primary N) is 1. The van der Waals surface area contributed by atoms with E-state index in [1.165, 1.54) is 0 Å². The molecule has 0 aliphatic heterocycles. The molecule has 0 aliphatic carbocycles. The average molecular weight is 274 g/mol. The summed E-state index contributed by atoms with van der Waals surface area (Å²) >= 11 is 0. The van der Waals surface area contributed by atoms with Crippen LogP contribution in [0, 0.1) is 0 Å². The second-order valence-corrected chi connectivity index (χ2v) is 4.72. The molecule has 1 unspecified atom stereocenters. The Hall–Kier alpha value is -1.94. The first kappa shape index (κ1) is 14.5. The van der Waals surface area contributed by atoms with Crippen LogP contribution in [0.4, 0.5) is 5.69 Å². The van der Waals surface area contributed by atoms with Gasteiger partial charge in [0.05, 0.1) is 13.2 Å². The number of aryl methyl sites for hydroxylation is 1. The summed E-state index contributed by atoms with van der Waals surface area (Å²) in [5.74, 6) is 2.74. The van der Waals surface area contributed by atoms with E-state index in [2.05, 4.69) is 11.8 Å². The topological polar surface area (TPSA) is 51.6 Å². The van der Waals surface area contributed by atoms with Crippen LogP contribution in [0.25, 0.3) is 0 Å². The van der Waals surface area contributed by atoms with Crippen LogP contribution in [0.1, 0.15) is 24.5 Å². The molecular formula is C16H22N2O2. The molecule has 2 rings (SSSR count). The Morgan fingerprint density at radius 3 is 2.40 bits per heavy atom. The Bertz CT molecular complexity index is 534. The minimum Gasteiger partial charge on any atom is -0.497 e. The molecule has 1 atom stereocenters. The van der Waals surface area contributed by atoms with Crippen molar-refractivity contribution in [2.24, 2.45) is 5.73 Å². The van der Waals surface area contributed by atoms with Crippen LogP contribution >= 0.6 is 0 Å². The largest absolute Gasteiger partial charge is 0.497 e. The molecule has 0 bridgehead atoms. The third-order valence-corrected chi connectivity index (χ3v) is 3.53. The Morgan fingerprint density at radius 1 is 1.20 bits per heavy atom. The lowest BCUT2D eigenvalue weighted by Gasteiger charge is -2.27. The minimum absolute atomic E-state index is 0.0312. The minimum atomic E-state index is 0.0312. The highest BCUT2D eigenvalue weighted by molar-refractivity contribution is 5.50. The maximum Gasteiger partial charge on any atom is 0.127 e. The third kappa shape index (κ3) is 2.96. The lowest BCUT2D eigenvalue weighted by Crippen LogP contribution is -2.30. The van der Waals surface area contributed by atoms with E-state index in [-0.39, 0.29) is 6.04 Å². The first-order chi connectivity index (χ1) is 9.69. The molecular weight excluding hydrogens is 252 g/mol. The van der Waals surface area contributed by atoms with Gasteiger partial charge in [0.25, 0.3) is 0 Å². The molecule has 4 heteroatoms. The number of ether oxygens (including phenoxy) is 1. The molecule has 0 fully saturated rings. The van der Waals surface area contributed by atoms with Crippen molar-refractivity contribution in [3.63, 3.8) is 0 Å². The molecule has 1 aromatic heterocycles. The van der Waals surface area contributed by atoms with Gasteiger partial charge in [-0.1, -0.05) is 6.92 Å². The molecule has 0 radical (unpaired) electrons. The fourth-order valence-electron chi connectivity index (χ4n) is 2.23. The van der Waals surface area contributed by atoms with Crippen molar-refractivity contribution in [3.8, 4) is 5.75 Å². The average Bonchev–Trinajstić information content (AvgIpc) is 2.96. The summed E-state index contributed by atoms with van der Waals surface area (Å²) in [7, 11) is 3.68. The van der Waals surface area contributed by atoms with E-state index in [0.717, 1.165) is 29.4 Å². The first-order valence-electron chi connectivity index (χ1n) is 6.85.